The number of halogens is 1. The Morgan fingerprint density at radius 2 is 1.90 bits per heavy atom. The SMILES string of the molecule is CN(C)CCOc1ccc(Nc2nc3ccc(-c4cc(O)ccc4Cl)cn3n2)cc1. The average Bonchev–Trinajstić information content (AvgIpc) is 3.12. The zero-order valence-electron chi connectivity index (χ0n) is 16.7. The first-order valence-electron chi connectivity index (χ1n) is 9.48. The predicted molar refractivity (Wildman–Crippen MR) is 119 cm³/mol. The van der Waals surface area contributed by atoms with E-state index in [1.807, 2.05) is 56.7 Å². The molecule has 0 aliphatic rings. The van der Waals surface area contributed by atoms with Crippen LogP contribution in [0.25, 0.3) is 16.8 Å². The van der Waals surface area contributed by atoms with Crippen molar-refractivity contribution in [2.75, 3.05) is 32.6 Å². The molecule has 0 atom stereocenters. The van der Waals surface area contributed by atoms with E-state index in [0.29, 0.717) is 23.2 Å². The molecule has 30 heavy (non-hydrogen) atoms. The molecule has 0 bridgehead atoms. The summed E-state index contributed by atoms with van der Waals surface area (Å²) in [6.07, 6.45) is 1.83. The van der Waals surface area contributed by atoms with Gasteiger partial charge in [0.05, 0.1) is 0 Å². The molecule has 0 spiro atoms. The molecular formula is C22H22ClN5O2. The first kappa shape index (κ1) is 20.0. The van der Waals surface area contributed by atoms with Crippen molar-refractivity contribution in [3.63, 3.8) is 0 Å². The fourth-order valence-corrected chi connectivity index (χ4v) is 3.17. The van der Waals surface area contributed by atoms with Crippen LogP contribution in [0.1, 0.15) is 0 Å². The molecule has 4 aromatic rings. The maximum Gasteiger partial charge on any atom is 0.247 e. The summed E-state index contributed by atoms with van der Waals surface area (Å²) < 4.78 is 7.39. The Balaban J connectivity index is 1.49. The predicted octanol–water partition coefficient (Wildman–Crippen LogP) is 4.44. The van der Waals surface area contributed by atoms with Crippen LogP contribution in [0.4, 0.5) is 11.6 Å². The van der Waals surface area contributed by atoms with Crippen LogP contribution in [0.5, 0.6) is 11.5 Å². The zero-order chi connectivity index (χ0) is 21.1. The number of rotatable bonds is 7. The number of fused-ring (bicyclic) bond motifs is 1. The van der Waals surface area contributed by atoms with Gasteiger partial charge in [0.2, 0.25) is 5.95 Å². The first-order valence-corrected chi connectivity index (χ1v) is 9.86. The molecule has 0 fully saturated rings. The van der Waals surface area contributed by atoms with Crippen molar-refractivity contribution < 1.29 is 9.84 Å². The van der Waals surface area contributed by atoms with E-state index in [4.69, 9.17) is 16.3 Å². The van der Waals surface area contributed by atoms with Gasteiger partial charge in [-0.1, -0.05) is 11.6 Å². The highest BCUT2D eigenvalue weighted by molar-refractivity contribution is 6.33. The summed E-state index contributed by atoms with van der Waals surface area (Å²) in [6, 6.07) is 16.3. The standard InChI is InChI=1S/C22H22ClN5O2/c1-27(2)11-12-30-18-7-4-16(5-8-18)24-22-25-21-10-3-15(14-28(21)26-22)19-13-17(29)6-9-20(19)23/h3-10,13-14,29H,11-12H2,1-2H3,(H,24,26). The summed E-state index contributed by atoms with van der Waals surface area (Å²) in [7, 11) is 4.03. The van der Waals surface area contributed by atoms with Gasteiger partial charge < -0.3 is 20.1 Å². The highest BCUT2D eigenvalue weighted by Crippen LogP contribution is 2.31. The van der Waals surface area contributed by atoms with Crippen molar-refractivity contribution >= 4 is 28.9 Å². The number of phenols is 1. The number of hydrogen-bond acceptors (Lipinski definition) is 6. The minimum atomic E-state index is 0.157. The van der Waals surface area contributed by atoms with Crippen molar-refractivity contribution in [3.05, 3.63) is 65.8 Å². The van der Waals surface area contributed by atoms with E-state index < -0.39 is 0 Å². The van der Waals surface area contributed by atoms with Crippen LogP contribution < -0.4 is 10.1 Å². The Morgan fingerprint density at radius 3 is 2.67 bits per heavy atom. The molecule has 2 aromatic carbocycles. The summed E-state index contributed by atoms with van der Waals surface area (Å²) >= 11 is 6.27. The number of aromatic hydroxyl groups is 1. The second kappa shape index (κ2) is 8.61. The topological polar surface area (TPSA) is 74.9 Å². The van der Waals surface area contributed by atoms with E-state index in [9.17, 15) is 5.11 Å². The lowest BCUT2D eigenvalue weighted by atomic mass is 10.1. The van der Waals surface area contributed by atoms with Crippen molar-refractivity contribution in [2.24, 2.45) is 0 Å². The Hall–Kier alpha value is -3.29. The maximum absolute atomic E-state index is 9.76. The summed E-state index contributed by atoms with van der Waals surface area (Å²) in [4.78, 5) is 6.57. The molecule has 0 saturated heterocycles. The molecule has 4 rings (SSSR count). The van der Waals surface area contributed by atoms with Crippen LogP contribution in [0.2, 0.25) is 5.02 Å². The average molecular weight is 424 g/mol. The normalized spacial score (nSPS) is 11.2. The summed E-state index contributed by atoms with van der Waals surface area (Å²) in [5, 5.41) is 18.0. The number of likely N-dealkylation sites (N-methyl/N-ethyl adjacent to an activating group) is 1. The number of nitrogens with zero attached hydrogens (tertiary/aromatic N) is 4. The minimum Gasteiger partial charge on any atom is -0.508 e. The quantitative estimate of drug-likeness (QED) is 0.457. The minimum absolute atomic E-state index is 0.157. The molecule has 0 aliphatic heterocycles. The van der Waals surface area contributed by atoms with E-state index in [0.717, 1.165) is 29.1 Å². The first-order chi connectivity index (χ1) is 14.5. The van der Waals surface area contributed by atoms with Crippen LogP contribution in [0.3, 0.4) is 0 Å². The van der Waals surface area contributed by atoms with Crippen molar-refractivity contribution in [1.29, 1.82) is 0 Å². The van der Waals surface area contributed by atoms with Gasteiger partial charge in [0.1, 0.15) is 18.1 Å². The Morgan fingerprint density at radius 1 is 1.10 bits per heavy atom. The Kier molecular flexibility index (Phi) is 5.74. The number of anilines is 2. The lowest BCUT2D eigenvalue weighted by Gasteiger charge is -2.11. The van der Waals surface area contributed by atoms with Gasteiger partial charge in [0.15, 0.2) is 5.65 Å². The molecule has 0 amide bonds. The number of aromatic nitrogens is 3. The molecule has 0 aliphatic carbocycles. The number of benzene rings is 2. The molecule has 7 nitrogen and oxygen atoms in total. The van der Waals surface area contributed by atoms with E-state index in [2.05, 4.69) is 20.3 Å². The monoisotopic (exact) mass is 423 g/mol. The van der Waals surface area contributed by atoms with Crippen LogP contribution in [-0.4, -0.2) is 51.9 Å². The summed E-state index contributed by atoms with van der Waals surface area (Å²) in [5.74, 6) is 1.46. The van der Waals surface area contributed by atoms with Crippen LogP contribution in [0.15, 0.2) is 60.8 Å². The largest absolute Gasteiger partial charge is 0.508 e. The fraction of sp³-hybridized carbons (Fsp3) is 0.182. The van der Waals surface area contributed by atoms with Crippen molar-refractivity contribution in [1.82, 2.24) is 19.5 Å². The molecular weight excluding hydrogens is 402 g/mol. The molecule has 0 unspecified atom stereocenters. The molecule has 2 heterocycles. The number of phenolic OH excluding ortho intramolecular Hbond substituents is 1. The number of hydrogen-bond donors (Lipinski definition) is 2. The van der Waals surface area contributed by atoms with Gasteiger partial charge in [-0.3, -0.25) is 0 Å². The van der Waals surface area contributed by atoms with Gasteiger partial charge in [-0.05, 0) is 68.7 Å². The molecule has 2 aromatic heterocycles. The van der Waals surface area contributed by atoms with E-state index >= 15 is 0 Å². The third-order valence-electron chi connectivity index (χ3n) is 4.51. The number of ether oxygens (including phenoxy) is 1. The van der Waals surface area contributed by atoms with Crippen LogP contribution in [0, 0.1) is 0 Å². The number of pyridine rings is 1. The second-order valence-electron chi connectivity index (χ2n) is 7.12. The van der Waals surface area contributed by atoms with Gasteiger partial charge >= 0.3 is 0 Å². The Bertz CT molecular complexity index is 1160. The Labute approximate surface area is 179 Å². The van der Waals surface area contributed by atoms with Gasteiger partial charge in [-0.15, -0.1) is 5.10 Å². The third kappa shape index (κ3) is 4.64. The number of nitrogens with one attached hydrogen (secondary N) is 1. The third-order valence-corrected chi connectivity index (χ3v) is 4.84. The van der Waals surface area contributed by atoms with Crippen molar-refractivity contribution in [2.45, 2.75) is 0 Å². The van der Waals surface area contributed by atoms with Gasteiger partial charge in [-0.25, -0.2) is 4.52 Å². The van der Waals surface area contributed by atoms with Gasteiger partial charge in [0, 0.05) is 34.6 Å². The highest BCUT2D eigenvalue weighted by atomic mass is 35.5. The molecule has 0 saturated carbocycles. The smallest absolute Gasteiger partial charge is 0.247 e. The van der Waals surface area contributed by atoms with E-state index in [-0.39, 0.29) is 5.75 Å². The molecule has 2 N–H and O–H groups in total. The van der Waals surface area contributed by atoms with Gasteiger partial charge in [0.25, 0.3) is 0 Å². The van der Waals surface area contributed by atoms with E-state index in [1.165, 1.54) is 0 Å². The lowest BCUT2D eigenvalue weighted by molar-refractivity contribution is 0.261. The fourth-order valence-electron chi connectivity index (χ4n) is 2.94. The zero-order valence-corrected chi connectivity index (χ0v) is 17.5. The van der Waals surface area contributed by atoms with Crippen LogP contribution >= 0.6 is 11.6 Å². The van der Waals surface area contributed by atoms with E-state index in [1.54, 1.807) is 22.7 Å². The second-order valence-corrected chi connectivity index (χ2v) is 7.53. The highest BCUT2D eigenvalue weighted by Gasteiger charge is 2.09. The summed E-state index contributed by atoms with van der Waals surface area (Å²) in [5.41, 5.74) is 3.12. The molecule has 8 heteroatoms. The summed E-state index contributed by atoms with van der Waals surface area (Å²) in [6.45, 7) is 1.50. The maximum atomic E-state index is 9.76. The molecule has 154 valence electrons. The molecule has 0 radical (unpaired) electrons. The van der Waals surface area contributed by atoms with Crippen molar-refractivity contribution in [3.8, 4) is 22.6 Å². The van der Waals surface area contributed by atoms with Crippen LogP contribution in [-0.2, 0) is 0 Å². The lowest BCUT2D eigenvalue weighted by Crippen LogP contribution is -2.19. The van der Waals surface area contributed by atoms with Gasteiger partial charge in [-0.2, -0.15) is 4.98 Å².